The minimum atomic E-state index is 0.764. The number of aromatic nitrogens is 2. The summed E-state index contributed by atoms with van der Waals surface area (Å²) in [5.74, 6) is 1.73. The van der Waals surface area contributed by atoms with Crippen molar-refractivity contribution in [3.63, 3.8) is 0 Å². The quantitative estimate of drug-likeness (QED) is 0.688. The molecule has 2 aromatic heterocycles. The van der Waals surface area contributed by atoms with Crippen molar-refractivity contribution in [3.8, 4) is 11.5 Å². The zero-order chi connectivity index (χ0) is 15.1. The number of aryl methyl sites for hydroxylation is 1. The zero-order valence-corrected chi connectivity index (χ0v) is 13.0. The molecule has 0 bridgehead atoms. The van der Waals surface area contributed by atoms with Gasteiger partial charge in [0.05, 0.1) is 12.8 Å². The number of hydrogen-bond acceptors (Lipinski definition) is 5. The van der Waals surface area contributed by atoms with Crippen molar-refractivity contribution >= 4 is 0 Å². The highest BCUT2D eigenvalue weighted by Gasteiger charge is 2.10. The number of furan rings is 1. The Hall–Kier alpha value is -1.63. The minimum Gasteiger partial charge on any atom is -0.460 e. The molecule has 0 aliphatic carbocycles. The van der Waals surface area contributed by atoms with E-state index in [9.17, 15) is 0 Å². The maximum atomic E-state index is 5.64. The van der Waals surface area contributed by atoms with Crippen LogP contribution >= 0.6 is 0 Å². The van der Waals surface area contributed by atoms with Gasteiger partial charge in [0.2, 0.25) is 0 Å². The lowest BCUT2D eigenvalue weighted by Gasteiger charge is -2.16. The van der Waals surface area contributed by atoms with Crippen LogP contribution in [0, 0.1) is 6.92 Å². The summed E-state index contributed by atoms with van der Waals surface area (Å²) >= 11 is 0. The second-order valence-corrected chi connectivity index (χ2v) is 5.15. The summed E-state index contributed by atoms with van der Waals surface area (Å²) < 4.78 is 10.7. The second kappa shape index (κ2) is 7.97. The molecule has 0 aliphatic heterocycles. The van der Waals surface area contributed by atoms with E-state index >= 15 is 0 Å². The molecule has 0 amide bonds. The molecule has 2 rings (SSSR count). The average molecular weight is 292 g/mol. The number of likely N-dealkylation sites (N-methyl/N-ethyl adjacent to an activating group) is 1. The number of ether oxygens (including phenoxy) is 1. The molecule has 116 valence electrons. The molecule has 0 saturated heterocycles. The fourth-order valence-corrected chi connectivity index (χ4v) is 2.08. The van der Waals surface area contributed by atoms with Crippen LogP contribution in [0.15, 0.2) is 22.7 Å². The Morgan fingerprint density at radius 1 is 1.38 bits per heavy atom. The summed E-state index contributed by atoms with van der Waals surface area (Å²) in [6.45, 7) is 6.32. The van der Waals surface area contributed by atoms with Gasteiger partial charge in [0.25, 0.3) is 0 Å². The topological polar surface area (TPSA) is 66.3 Å². The van der Waals surface area contributed by atoms with Crippen LogP contribution in [0.4, 0.5) is 0 Å². The number of hydrogen-bond donors (Lipinski definition) is 2. The molecule has 0 unspecified atom stereocenters. The van der Waals surface area contributed by atoms with Crippen LogP contribution in [0.3, 0.4) is 0 Å². The van der Waals surface area contributed by atoms with E-state index < -0.39 is 0 Å². The van der Waals surface area contributed by atoms with Gasteiger partial charge in [-0.1, -0.05) is 0 Å². The van der Waals surface area contributed by atoms with Crippen molar-refractivity contribution < 1.29 is 9.15 Å². The second-order valence-electron chi connectivity index (χ2n) is 5.15. The van der Waals surface area contributed by atoms with E-state index in [0.717, 1.165) is 55.6 Å². The third kappa shape index (κ3) is 4.70. The number of aromatic amines is 1. The average Bonchev–Trinajstić information content (AvgIpc) is 3.09. The molecule has 0 atom stereocenters. The largest absolute Gasteiger partial charge is 0.460 e. The van der Waals surface area contributed by atoms with Crippen LogP contribution < -0.4 is 5.32 Å². The van der Waals surface area contributed by atoms with Gasteiger partial charge in [-0.15, -0.1) is 0 Å². The Bertz CT molecular complexity index is 535. The van der Waals surface area contributed by atoms with Gasteiger partial charge in [0.1, 0.15) is 11.5 Å². The van der Waals surface area contributed by atoms with Gasteiger partial charge in [-0.25, -0.2) is 0 Å². The Morgan fingerprint density at radius 3 is 2.95 bits per heavy atom. The normalized spacial score (nSPS) is 11.4. The lowest BCUT2D eigenvalue weighted by Crippen LogP contribution is -2.31. The molecule has 2 aromatic rings. The van der Waals surface area contributed by atoms with Gasteiger partial charge in [0, 0.05) is 38.9 Å². The fraction of sp³-hybridized carbons (Fsp3) is 0.533. The summed E-state index contributed by atoms with van der Waals surface area (Å²) in [7, 11) is 3.82. The molecule has 6 nitrogen and oxygen atoms in total. The molecule has 0 aromatic carbocycles. The van der Waals surface area contributed by atoms with Crippen molar-refractivity contribution in [2.45, 2.75) is 13.5 Å². The van der Waals surface area contributed by atoms with Crippen molar-refractivity contribution in [3.05, 3.63) is 29.7 Å². The van der Waals surface area contributed by atoms with Gasteiger partial charge in [-0.3, -0.25) is 5.10 Å². The Morgan fingerprint density at radius 2 is 2.24 bits per heavy atom. The van der Waals surface area contributed by atoms with Crippen LogP contribution in [0.25, 0.3) is 11.5 Å². The van der Waals surface area contributed by atoms with Crippen LogP contribution in [0.2, 0.25) is 0 Å². The summed E-state index contributed by atoms with van der Waals surface area (Å²) in [4.78, 5) is 2.24. The predicted octanol–water partition coefficient (Wildman–Crippen LogP) is 1.65. The molecule has 0 fully saturated rings. The monoisotopic (exact) mass is 292 g/mol. The highest BCUT2D eigenvalue weighted by atomic mass is 16.5. The van der Waals surface area contributed by atoms with Crippen LogP contribution in [-0.4, -0.2) is 55.5 Å². The lowest BCUT2D eigenvalue weighted by atomic mass is 10.2. The molecular weight excluding hydrogens is 268 g/mol. The van der Waals surface area contributed by atoms with Gasteiger partial charge in [-0.05, 0) is 26.1 Å². The van der Waals surface area contributed by atoms with Gasteiger partial charge >= 0.3 is 0 Å². The summed E-state index contributed by atoms with van der Waals surface area (Å²) in [6, 6.07) is 3.92. The SMILES string of the molecule is COCCN(C)CCNCc1cn[nH]c1-c1ccc(C)o1. The zero-order valence-electron chi connectivity index (χ0n) is 13.0. The van der Waals surface area contributed by atoms with Crippen LogP contribution in [0.5, 0.6) is 0 Å². The molecule has 0 spiro atoms. The van der Waals surface area contributed by atoms with E-state index in [0.29, 0.717) is 0 Å². The molecule has 21 heavy (non-hydrogen) atoms. The number of nitrogens with one attached hydrogen (secondary N) is 2. The maximum Gasteiger partial charge on any atom is 0.152 e. The van der Waals surface area contributed by atoms with E-state index in [1.807, 2.05) is 25.3 Å². The summed E-state index contributed by atoms with van der Waals surface area (Å²) in [6.07, 6.45) is 1.84. The molecular formula is C15H24N4O2. The number of methoxy groups -OCH3 is 1. The third-order valence-corrected chi connectivity index (χ3v) is 3.37. The third-order valence-electron chi connectivity index (χ3n) is 3.37. The van der Waals surface area contributed by atoms with Crippen molar-refractivity contribution in [1.29, 1.82) is 0 Å². The lowest BCUT2D eigenvalue weighted by molar-refractivity contribution is 0.161. The van der Waals surface area contributed by atoms with Gasteiger partial charge in [0.15, 0.2) is 5.76 Å². The van der Waals surface area contributed by atoms with Crippen molar-refractivity contribution in [2.75, 3.05) is 40.4 Å². The van der Waals surface area contributed by atoms with E-state index in [-0.39, 0.29) is 0 Å². The first kappa shape index (κ1) is 15.8. The number of nitrogens with zero attached hydrogens (tertiary/aromatic N) is 2. The molecule has 0 radical (unpaired) electrons. The summed E-state index contributed by atoms with van der Waals surface area (Å²) in [5.41, 5.74) is 2.06. The van der Waals surface area contributed by atoms with E-state index in [2.05, 4.69) is 27.5 Å². The van der Waals surface area contributed by atoms with E-state index in [1.165, 1.54) is 0 Å². The number of rotatable bonds is 9. The van der Waals surface area contributed by atoms with E-state index in [4.69, 9.17) is 9.15 Å². The molecule has 6 heteroatoms. The molecule has 2 N–H and O–H groups in total. The molecule has 0 saturated carbocycles. The maximum absolute atomic E-state index is 5.64. The minimum absolute atomic E-state index is 0.764. The number of H-pyrrole nitrogens is 1. The van der Waals surface area contributed by atoms with Gasteiger partial charge < -0.3 is 19.4 Å². The van der Waals surface area contributed by atoms with Crippen molar-refractivity contribution in [1.82, 2.24) is 20.4 Å². The first-order valence-electron chi connectivity index (χ1n) is 7.18. The first-order chi connectivity index (χ1) is 10.2. The highest BCUT2D eigenvalue weighted by Crippen LogP contribution is 2.22. The van der Waals surface area contributed by atoms with Crippen molar-refractivity contribution in [2.24, 2.45) is 0 Å². The van der Waals surface area contributed by atoms with Crippen LogP contribution in [0.1, 0.15) is 11.3 Å². The van der Waals surface area contributed by atoms with E-state index in [1.54, 1.807) is 7.11 Å². The molecule has 0 aliphatic rings. The highest BCUT2D eigenvalue weighted by molar-refractivity contribution is 5.56. The first-order valence-corrected chi connectivity index (χ1v) is 7.18. The molecule has 2 heterocycles. The van der Waals surface area contributed by atoms with Gasteiger partial charge in [-0.2, -0.15) is 5.10 Å². The smallest absolute Gasteiger partial charge is 0.152 e. The fourth-order valence-electron chi connectivity index (χ4n) is 2.08. The standard InChI is InChI=1S/C15H24N4O2/c1-12-4-5-14(21-12)15-13(11-17-18-15)10-16-6-7-19(2)8-9-20-3/h4-5,11,16H,6-10H2,1-3H3,(H,17,18). The Labute approximate surface area is 125 Å². The van der Waals surface area contributed by atoms with Crippen LogP contribution in [-0.2, 0) is 11.3 Å². The Balaban J connectivity index is 1.78. The summed E-state index contributed by atoms with van der Waals surface area (Å²) in [5, 5.41) is 10.5. The predicted molar refractivity (Wildman–Crippen MR) is 82.1 cm³/mol. The Kier molecular flexibility index (Phi) is 5.98.